The summed E-state index contributed by atoms with van der Waals surface area (Å²) in [7, 11) is 1.76. The fraction of sp³-hybridized carbons (Fsp3) is 0.333. The van der Waals surface area contributed by atoms with E-state index in [-0.39, 0.29) is 11.9 Å². The van der Waals surface area contributed by atoms with Crippen LogP contribution in [0.2, 0.25) is 0 Å². The molecule has 94 valence electrons. The fourth-order valence-corrected chi connectivity index (χ4v) is 1.62. The van der Waals surface area contributed by atoms with Gasteiger partial charge < -0.3 is 5.32 Å². The van der Waals surface area contributed by atoms with Crippen molar-refractivity contribution in [3.05, 3.63) is 29.8 Å². The maximum atomic E-state index is 11.9. The maximum absolute atomic E-state index is 11.9. The summed E-state index contributed by atoms with van der Waals surface area (Å²) in [5.41, 5.74) is 1.42. The molecule has 0 saturated heterocycles. The Morgan fingerprint density at radius 2 is 2.17 bits per heavy atom. The number of hydrogen-bond donors (Lipinski definition) is 1. The van der Waals surface area contributed by atoms with Crippen molar-refractivity contribution >= 4 is 5.91 Å². The minimum atomic E-state index is -0.0954. The Balaban J connectivity index is 2.31. The average Bonchev–Trinajstić information content (AvgIpc) is 2.75. The second-order valence-corrected chi connectivity index (χ2v) is 4.34. The topological polar surface area (TPSA) is 72.7 Å². The summed E-state index contributed by atoms with van der Waals surface area (Å²) in [5.74, 6) is 0.538. The molecule has 1 aromatic heterocycles. The van der Waals surface area contributed by atoms with Crippen LogP contribution in [0.3, 0.4) is 0 Å². The Kier molecular flexibility index (Phi) is 3.36. The molecule has 1 aromatic carbocycles. The third-order valence-electron chi connectivity index (χ3n) is 2.42. The molecule has 2 aromatic rings. The van der Waals surface area contributed by atoms with Crippen molar-refractivity contribution in [1.29, 1.82) is 0 Å². The number of amides is 1. The van der Waals surface area contributed by atoms with Crippen LogP contribution in [-0.4, -0.2) is 32.2 Å². The molecule has 6 nitrogen and oxygen atoms in total. The van der Waals surface area contributed by atoms with Gasteiger partial charge in [0.2, 0.25) is 0 Å². The van der Waals surface area contributed by atoms with E-state index >= 15 is 0 Å². The third-order valence-corrected chi connectivity index (χ3v) is 2.42. The first-order valence-electron chi connectivity index (χ1n) is 5.71. The molecule has 0 atom stereocenters. The molecule has 18 heavy (non-hydrogen) atoms. The smallest absolute Gasteiger partial charge is 0.251 e. The van der Waals surface area contributed by atoms with Gasteiger partial charge in [-0.05, 0) is 36.4 Å². The lowest BCUT2D eigenvalue weighted by Crippen LogP contribution is -2.30. The zero-order chi connectivity index (χ0) is 13.1. The van der Waals surface area contributed by atoms with Crippen LogP contribution in [0.5, 0.6) is 0 Å². The van der Waals surface area contributed by atoms with Gasteiger partial charge in [-0.1, -0.05) is 12.1 Å². The first kappa shape index (κ1) is 12.2. The van der Waals surface area contributed by atoms with Crippen molar-refractivity contribution in [2.24, 2.45) is 7.05 Å². The van der Waals surface area contributed by atoms with Crippen LogP contribution >= 0.6 is 0 Å². The standard InChI is InChI=1S/C12H15N5O/c1-8(2)13-12(18)10-6-4-5-9(7-10)11-14-15-16-17(11)3/h4-8H,1-3H3,(H,13,18). The molecule has 0 radical (unpaired) electrons. The molecule has 1 N–H and O–H groups in total. The van der Waals surface area contributed by atoms with Gasteiger partial charge >= 0.3 is 0 Å². The lowest BCUT2D eigenvalue weighted by molar-refractivity contribution is 0.0943. The molecule has 6 heteroatoms. The number of nitrogens with zero attached hydrogens (tertiary/aromatic N) is 4. The highest BCUT2D eigenvalue weighted by molar-refractivity contribution is 5.95. The molecule has 0 aliphatic rings. The zero-order valence-corrected chi connectivity index (χ0v) is 10.6. The van der Waals surface area contributed by atoms with Crippen LogP contribution in [0.15, 0.2) is 24.3 Å². The van der Waals surface area contributed by atoms with Gasteiger partial charge in [-0.3, -0.25) is 4.79 Å². The van der Waals surface area contributed by atoms with Crippen LogP contribution in [0.25, 0.3) is 11.4 Å². The largest absolute Gasteiger partial charge is 0.350 e. The van der Waals surface area contributed by atoms with Crippen molar-refractivity contribution in [2.75, 3.05) is 0 Å². The van der Waals surface area contributed by atoms with Gasteiger partial charge in [0.25, 0.3) is 5.91 Å². The average molecular weight is 245 g/mol. The van der Waals surface area contributed by atoms with Crippen molar-refractivity contribution in [1.82, 2.24) is 25.5 Å². The first-order chi connectivity index (χ1) is 8.58. The highest BCUT2D eigenvalue weighted by atomic mass is 16.1. The summed E-state index contributed by atoms with van der Waals surface area (Å²) < 4.78 is 1.57. The fourth-order valence-electron chi connectivity index (χ4n) is 1.62. The summed E-state index contributed by atoms with van der Waals surface area (Å²) in [5, 5.41) is 14.1. The van der Waals surface area contributed by atoms with E-state index in [2.05, 4.69) is 20.8 Å². The molecule has 0 saturated carbocycles. The van der Waals surface area contributed by atoms with E-state index in [1.54, 1.807) is 23.9 Å². The van der Waals surface area contributed by atoms with Gasteiger partial charge in [0.15, 0.2) is 5.82 Å². The Labute approximate surface area is 105 Å². The first-order valence-corrected chi connectivity index (χ1v) is 5.71. The SMILES string of the molecule is CC(C)NC(=O)c1cccc(-c2nnnn2C)c1. The number of tetrazole rings is 1. The second kappa shape index (κ2) is 4.95. The number of benzene rings is 1. The Morgan fingerprint density at radius 1 is 1.39 bits per heavy atom. The van der Waals surface area contributed by atoms with E-state index in [0.29, 0.717) is 11.4 Å². The van der Waals surface area contributed by atoms with E-state index in [9.17, 15) is 4.79 Å². The minimum absolute atomic E-state index is 0.0954. The lowest BCUT2D eigenvalue weighted by atomic mass is 10.1. The number of rotatable bonds is 3. The van der Waals surface area contributed by atoms with Crippen LogP contribution in [0.4, 0.5) is 0 Å². The molecule has 0 bridgehead atoms. The molecule has 0 fully saturated rings. The molecule has 2 rings (SSSR count). The summed E-state index contributed by atoms with van der Waals surface area (Å²) in [6, 6.07) is 7.35. The summed E-state index contributed by atoms with van der Waals surface area (Å²) in [6.45, 7) is 3.85. The number of aryl methyl sites for hydroxylation is 1. The predicted octanol–water partition coefficient (Wildman–Crippen LogP) is 1.02. The van der Waals surface area contributed by atoms with Gasteiger partial charge in [-0.2, -0.15) is 0 Å². The normalized spacial score (nSPS) is 10.7. The van der Waals surface area contributed by atoms with Gasteiger partial charge in [0.05, 0.1) is 0 Å². The monoisotopic (exact) mass is 245 g/mol. The van der Waals surface area contributed by atoms with Crippen molar-refractivity contribution in [3.8, 4) is 11.4 Å². The summed E-state index contributed by atoms with van der Waals surface area (Å²) in [4.78, 5) is 11.9. The number of carbonyl (C=O) groups excluding carboxylic acids is 1. The Hall–Kier alpha value is -2.24. The molecular weight excluding hydrogens is 230 g/mol. The Morgan fingerprint density at radius 3 is 2.78 bits per heavy atom. The van der Waals surface area contributed by atoms with Crippen molar-refractivity contribution < 1.29 is 4.79 Å². The molecule has 0 unspecified atom stereocenters. The highest BCUT2D eigenvalue weighted by Crippen LogP contribution is 2.16. The quantitative estimate of drug-likeness (QED) is 0.876. The van der Waals surface area contributed by atoms with E-state index < -0.39 is 0 Å². The predicted molar refractivity (Wildman–Crippen MR) is 66.8 cm³/mol. The highest BCUT2D eigenvalue weighted by Gasteiger charge is 2.10. The number of carbonyl (C=O) groups is 1. The van der Waals surface area contributed by atoms with Gasteiger partial charge in [-0.25, -0.2) is 4.68 Å². The van der Waals surface area contributed by atoms with Gasteiger partial charge in [0, 0.05) is 24.2 Å². The van der Waals surface area contributed by atoms with E-state index in [1.165, 1.54) is 0 Å². The lowest BCUT2D eigenvalue weighted by Gasteiger charge is -2.09. The summed E-state index contributed by atoms with van der Waals surface area (Å²) in [6.07, 6.45) is 0. The molecule has 1 amide bonds. The van der Waals surface area contributed by atoms with Crippen LogP contribution in [0, 0.1) is 0 Å². The number of nitrogens with one attached hydrogen (secondary N) is 1. The molecule has 0 aliphatic heterocycles. The minimum Gasteiger partial charge on any atom is -0.350 e. The third kappa shape index (κ3) is 2.53. The molecule has 1 heterocycles. The zero-order valence-electron chi connectivity index (χ0n) is 10.6. The van der Waals surface area contributed by atoms with Gasteiger partial charge in [0.1, 0.15) is 0 Å². The molecule has 0 spiro atoms. The van der Waals surface area contributed by atoms with E-state index in [0.717, 1.165) is 5.56 Å². The maximum Gasteiger partial charge on any atom is 0.251 e. The summed E-state index contributed by atoms with van der Waals surface area (Å²) >= 11 is 0. The Bertz CT molecular complexity index is 561. The van der Waals surface area contributed by atoms with Crippen LogP contribution in [-0.2, 0) is 7.05 Å². The van der Waals surface area contributed by atoms with E-state index in [4.69, 9.17) is 0 Å². The second-order valence-electron chi connectivity index (χ2n) is 4.34. The van der Waals surface area contributed by atoms with Crippen LogP contribution < -0.4 is 5.32 Å². The van der Waals surface area contributed by atoms with Crippen molar-refractivity contribution in [2.45, 2.75) is 19.9 Å². The van der Waals surface area contributed by atoms with Crippen molar-refractivity contribution in [3.63, 3.8) is 0 Å². The number of hydrogen-bond acceptors (Lipinski definition) is 4. The van der Waals surface area contributed by atoms with Gasteiger partial charge in [-0.15, -0.1) is 5.10 Å². The molecule has 0 aliphatic carbocycles. The number of aromatic nitrogens is 4. The molecular formula is C12H15N5O. The van der Waals surface area contributed by atoms with E-state index in [1.807, 2.05) is 26.0 Å². The van der Waals surface area contributed by atoms with Crippen LogP contribution in [0.1, 0.15) is 24.2 Å².